The van der Waals surface area contributed by atoms with Crippen LogP contribution in [0.4, 0.5) is 0 Å². The molecule has 3 nitrogen and oxygen atoms in total. The van der Waals surface area contributed by atoms with E-state index in [-0.39, 0.29) is 11.0 Å². The van der Waals surface area contributed by atoms with E-state index in [4.69, 9.17) is 0 Å². The summed E-state index contributed by atoms with van der Waals surface area (Å²) >= 11 is 1.50. The van der Waals surface area contributed by atoms with Gasteiger partial charge < -0.3 is 0 Å². The van der Waals surface area contributed by atoms with E-state index in [0.29, 0.717) is 0 Å². The molecule has 1 aromatic heterocycles. The van der Waals surface area contributed by atoms with E-state index < -0.39 is 0 Å². The molecule has 4 heteroatoms. The van der Waals surface area contributed by atoms with Gasteiger partial charge in [0.15, 0.2) is 5.16 Å². The molecule has 3 aromatic rings. The minimum Gasteiger partial charge on any atom is -0.299 e. The van der Waals surface area contributed by atoms with Crippen molar-refractivity contribution in [2.45, 2.75) is 31.2 Å². The second kappa shape index (κ2) is 7.05. The van der Waals surface area contributed by atoms with E-state index in [1.165, 1.54) is 17.3 Å². The Labute approximate surface area is 146 Å². The first-order chi connectivity index (χ1) is 11.6. The normalized spacial score (nSPS) is 12.1. The number of imidazole rings is 1. The van der Waals surface area contributed by atoms with Crippen LogP contribution >= 0.6 is 11.8 Å². The number of benzene rings is 2. The number of aromatic nitrogens is 2. The number of Topliss-reactive ketones (excluding diaryl/α,β-unsaturated/α-hetero) is 1. The van der Waals surface area contributed by atoms with Gasteiger partial charge >= 0.3 is 0 Å². The molecule has 0 saturated heterocycles. The fourth-order valence-electron chi connectivity index (χ4n) is 2.42. The van der Waals surface area contributed by atoms with Crippen LogP contribution in [-0.4, -0.2) is 20.6 Å². The summed E-state index contributed by atoms with van der Waals surface area (Å²) < 4.78 is 2.12. The van der Waals surface area contributed by atoms with Crippen LogP contribution in [-0.2, 0) is 4.79 Å². The Kier molecular flexibility index (Phi) is 4.86. The van der Waals surface area contributed by atoms with Gasteiger partial charge in [-0.2, -0.15) is 0 Å². The van der Waals surface area contributed by atoms with Gasteiger partial charge in [-0.15, -0.1) is 0 Å². The first-order valence-corrected chi connectivity index (χ1v) is 8.81. The van der Waals surface area contributed by atoms with Gasteiger partial charge in [0, 0.05) is 11.3 Å². The van der Waals surface area contributed by atoms with Gasteiger partial charge in [-0.3, -0.25) is 9.36 Å². The standard InChI is InChI=1S/C20H20N2OS/c1-14-9-11-18(12-10-14)22-19(17-7-5-4-6-8-17)13-21-20(22)24-16(3)15(2)23/h4-13,16H,1-3H3. The minimum atomic E-state index is -0.125. The smallest absolute Gasteiger partial charge is 0.173 e. The highest BCUT2D eigenvalue weighted by Gasteiger charge is 2.18. The number of nitrogens with zero attached hydrogens (tertiary/aromatic N) is 2. The molecule has 3 rings (SSSR count). The number of thioether (sulfide) groups is 1. The Morgan fingerprint density at radius 2 is 1.75 bits per heavy atom. The van der Waals surface area contributed by atoms with Crippen LogP contribution in [0.3, 0.4) is 0 Å². The highest BCUT2D eigenvalue weighted by atomic mass is 32.2. The number of carbonyl (C=O) groups excluding carboxylic acids is 1. The summed E-state index contributed by atoms with van der Waals surface area (Å²) in [4.78, 5) is 16.2. The van der Waals surface area contributed by atoms with Gasteiger partial charge in [0.05, 0.1) is 17.1 Å². The van der Waals surface area contributed by atoms with Crippen LogP contribution in [0.2, 0.25) is 0 Å². The molecule has 0 amide bonds. The van der Waals surface area contributed by atoms with Gasteiger partial charge in [0.2, 0.25) is 0 Å². The molecule has 1 heterocycles. The summed E-state index contributed by atoms with van der Waals surface area (Å²) in [5, 5.41) is 0.709. The predicted octanol–water partition coefficient (Wildman–Crippen LogP) is 4.92. The van der Waals surface area contributed by atoms with Crippen molar-refractivity contribution in [3.8, 4) is 16.9 Å². The van der Waals surface area contributed by atoms with E-state index >= 15 is 0 Å². The minimum absolute atomic E-state index is 0.125. The molecule has 0 saturated carbocycles. The van der Waals surface area contributed by atoms with Gasteiger partial charge in [0.1, 0.15) is 5.78 Å². The average molecular weight is 336 g/mol. The third-order valence-electron chi connectivity index (χ3n) is 3.95. The van der Waals surface area contributed by atoms with Gasteiger partial charge in [0.25, 0.3) is 0 Å². The maximum atomic E-state index is 11.7. The van der Waals surface area contributed by atoms with Crippen LogP contribution in [0.15, 0.2) is 66.0 Å². The summed E-state index contributed by atoms with van der Waals surface area (Å²) in [6.07, 6.45) is 1.88. The molecule has 0 bridgehead atoms. The lowest BCUT2D eigenvalue weighted by atomic mass is 10.1. The SMILES string of the molecule is CC(=O)C(C)Sc1ncc(-c2ccccc2)n1-c1ccc(C)cc1. The molecule has 0 aliphatic rings. The predicted molar refractivity (Wildman–Crippen MR) is 99.7 cm³/mol. The summed E-state index contributed by atoms with van der Waals surface area (Å²) in [5.41, 5.74) is 4.40. The molecule has 2 aromatic carbocycles. The maximum absolute atomic E-state index is 11.7. The largest absolute Gasteiger partial charge is 0.299 e. The fraction of sp³-hybridized carbons (Fsp3) is 0.200. The molecular weight excluding hydrogens is 316 g/mol. The molecule has 0 spiro atoms. The molecule has 0 fully saturated rings. The third kappa shape index (κ3) is 3.44. The van der Waals surface area contributed by atoms with Crippen LogP contribution in [0, 0.1) is 6.92 Å². The average Bonchev–Trinajstić information content (AvgIpc) is 3.00. The van der Waals surface area contributed by atoms with Crippen LogP contribution in [0.5, 0.6) is 0 Å². The van der Waals surface area contributed by atoms with Crippen molar-refractivity contribution in [1.82, 2.24) is 9.55 Å². The van der Waals surface area contributed by atoms with E-state index in [0.717, 1.165) is 22.1 Å². The zero-order valence-electron chi connectivity index (χ0n) is 14.1. The molecule has 0 N–H and O–H groups in total. The molecule has 1 unspecified atom stereocenters. The zero-order valence-corrected chi connectivity index (χ0v) is 14.9. The second-order valence-electron chi connectivity index (χ2n) is 5.83. The van der Waals surface area contributed by atoms with E-state index in [1.807, 2.05) is 31.3 Å². The van der Waals surface area contributed by atoms with Crippen molar-refractivity contribution in [1.29, 1.82) is 0 Å². The quantitative estimate of drug-likeness (QED) is 0.620. The summed E-state index contributed by atoms with van der Waals surface area (Å²) in [6, 6.07) is 18.6. The number of aryl methyl sites for hydroxylation is 1. The topological polar surface area (TPSA) is 34.9 Å². The van der Waals surface area contributed by atoms with Crippen molar-refractivity contribution in [2.24, 2.45) is 0 Å². The number of rotatable bonds is 5. The molecule has 0 aliphatic heterocycles. The third-order valence-corrected chi connectivity index (χ3v) is 5.13. The first kappa shape index (κ1) is 16.5. The van der Waals surface area contributed by atoms with Crippen molar-refractivity contribution >= 4 is 17.5 Å². The van der Waals surface area contributed by atoms with Gasteiger partial charge in [-0.05, 0) is 32.9 Å². The molecule has 1 atom stereocenters. The highest BCUT2D eigenvalue weighted by Crippen LogP contribution is 2.31. The number of carbonyl (C=O) groups is 1. The van der Waals surface area contributed by atoms with E-state index in [9.17, 15) is 4.79 Å². The molecule has 0 radical (unpaired) electrons. The summed E-state index contributed by atoms with van der Waals surface area (Å²) in [7, 11) is 0. The van der Waals surface area contributed by atoms with Crippen molar-refractivity contribution in [3.63, 3.8) is 0 Å². The maximum Gasteiger partial charge on any atom is 0.173 e. The number of hydrogen-bond acceptors (Lipinski definition) is 3. The molecule has 24 heavy (non-hydrogen) atoms. The Bertz CT molecular complexity index is 838. The Morgan fingerprint density at radius 3 is 2.38 bits per heavy atom. The van der Waals surface area contributed by atoms with Crippen LogP contribution in [0.25, 0.3) is 16.9 Å². The Morgan fingerprint density at radius 1 is 1.08 bits per heavy atom. The summed E-state index contributed by atoms with van der Waals surface area (Å²) in [5.74, 6) is 0.153. The molecular formula is C20H20N2OS. The van der Waals surface area contributed by atoms with Crippen molar-refractivity contribution < 1.29 is 4.79 Å². The van der Waals surface area contributed by atoms with Crippen molar-refractivity contribution in [2.75, 3.05) is 0 Å². The Hall–Kier alpha value is -2.33. The molecule has 122 valence electrons. The Balaban J connectivity index is 2.12. The van der Waals surface area contributed by atoms with Crippen molar-refractivity contribution in [3.05, 3.63) is 66.4 Å². The van der Waals surface area contributed by atoms with Gasteiger partial charge in [-0.25, -0.2) is 4.98 Å². The van der Waals surface area contributed by atoms with Crippen LogP contribution < -0.4 is 0 Å². The lowest BCUT2D eigenvalue weighted by molar-refractivity contribution is -0.116. The highest BCUT2D eigenvalue weighted by molar-refractivity contribution is 8.00. The van der Waals surface area contributed by atoms with Gasteiger partial charge in [-0.1, -0.05) is 59.8 Å². The summed E-state index contributed by atoms with van der Waals surface area (Å²) in [6.45, 7) is 5.61. The monoisotopic (exact) mass is 336 g/mol. The first-order valence-electron chi connectivity index (χ1n) is 7.93. The lowest BCUT2D eigenvalue weighted by Gasteiger charge is -2.14. The fourth-order valence-corrected chi connectivity index (χ4v) is 3.32. The zero-order chi connectivity index (χ0) is 17.1. The van der Waals surface area contributed by atoms with E-state index in [1.54, 1.807) is 6.92 Å². The lowest BCUT2D eigenvalue weighted by Crippen LogP contribution is -2.10. The molecule has 0 aliphatic carbocycles. The second-order valence-corrected chi connectivity index (χ2v) is 7.14. The number of ketones is 1. The van der Waals surface area contributed by atoms with Crippen LogP contribution in [0.1, 0.15) is 19.4 Å². The van der Waals surface area contributed by atoms with E-state index in [2.05, 4.69) is 52.9 Å². The number of hydrogen-bond donors (Lipinski definition) is 0.